The predicted octanol–water partition coefficient (Wildman–Crippen LogP) is 0.707. The van der Waals surface area contributed by atoms with Crippen LogP contribution < -0.4 is 28.4 Å². The molecular formula is C62H52O32. The summed E-state index contributed by atoms with van der Waals surface area (Å²) in [7, 11) is 0. The molecule has 32 nitrogen and oxygen atoms in total. The van der Waals surface area contributed by atoms with Gasteiger partial charge in [-0.25, -0.2) is 19.2 Å². The number of aromatic hydroxyl groups is 8. The molecule has 0 saturated heterocycles. The molecule has 0 radical (unpaired) electrons. The lowest BCUT2D eigenvalue weighted by Gasteiger charge is -2.50. The number of hydrogen-bond acceptors (Lipinski definition) is 30. The first-order chi connectivity index (χ1) is 44.1. The Hall–Kier alpha value is -11.1. The highest BCUT2D eigenvalue weighted by Gasteiger charge is 2.72. The van der Waals surface area contributed by atoms with E-state index in [0.717, 1.165) is 72.8 Å². The van der Waals surface area contributed by atoms with E-state index in [9.17, 15) is 121 Å². The van der Waals surface area contributed by atoms with E-state index >= 15 is 0 Å². The summed E-state index contributed by atoms with van der Waals surface area (Å²) in [4.78, 5) is 75.5. The van der Waals surface area contributed by atoms with E-state index < -0.39 is 201 Å². The topological polar surface area (TPSA) is 540 Å². The highest BCUT2D eigenvalue weighted by atomic mass is 16.8. The molecule has 0 aromatic heterocycles. The van der Waals surface area contributed by atoms with Gasteiger partial charge in [0, 0.05) is 73.2 Å². The summed E-state index contributed by atoms with van der Waals surface area (Å²) in [5.74, 6) is -26.1. The van der Waals surface area contributed by atoms with Gasteiger partial charge < -0.3 is 130 Å². The molecule has 32 heteroatoms. The molecule has 6 aromatic rings. The molecule has 6 aromatic carbocycles. The van der Waals surface area contributed by atoms with E-state index in [4.69, 9.17) is 37.9 Å². The van der Waals surface area contributed by atoms with Crippen molar-refractivity contribution in [1.29, 1.82) is 0 Å². The van der Waals surface area contributed by atoms with Crippen molar-refractivity contribution >= 4 is 47.6 Å². The fourth-order valence-electron chi connectivity index (χ4n) is 11.4. The molecule has 0 bridgehead atoms. The second-order valence-corrected chi connectivity index (χ2v) is 22.5. The average Bonchev–Trinajstić information content (AvgIpc) is 0.699. The second kappa shape index (κ2) is 22.9. The van der Waals surface area contributed by atoms with Gasteiger partial charge in [-0.2, -0.15) is 0 Å². The Morgan fingerprint density at radius 1 is 0.415 bits per heavy atom. The van der Waals surface area contributed by atoms with E-state index in [1.165, 1.54) is 48.6 Å². The summed E-state index contributed by atoms with van der Waals surface area (Å²) in [6, 6.07) is 17.7. The van der Waals surface area contributed by atoms with Gasteiger partial charge in [0.1, 0.15) is 70.0 Å². The third-order valence-corrected chi connectivity index (χ3v) is 16.1. The number of aliphatic hydroxyl groups is 8. The number of rotatable bonds is 10. The number of ketones is 2. The number of carbonyl (C=O) groups excluding carboxylic acids is 4. The van der Waals surface area contributed by atoms with Crippen LogP contribution in [0.2, 0.25) is 0 Å². The van der Waals surface area contributed by atoms with Crippen LogP contribution in [0.3, 0.4) is 0 Å². The molecule has 6 aliphatic rings. The Bertz CT molecular complexity index is 4240. The molecule has 4 unspecified atom stereocenters. The molecular weight excluding hydrogens is 1260 g/mol. The Balaban J connectivity index is 0.000000192. The fraction of sp³-hybridized carbons (Fsp3) is 0.258. The predicted molar refractivity (Wildman–Crippen MR) is 303 cm³/mol. The SMILES string of the molecule is O=C(/C=C/c1ccc2c(c1)OC1(O)C(=O)c3c(O)cc(O)cc3OC1(c1ccc(O)c(O)c1)O2)O[C@@H]1C[C@](O)(C(=O)O)C[C@@H](O)[C@H]1O.O=C(/C=C/c1ccc2c(c1)OC1(c3ccc(O)c(O)c3)Oc3cc(O)cc(O)c3C(=O)C1(O)O2)O[C@@H]1C[C@](O)(C(=O)O)C[C@@H](O)[C@H]1O. The summed E-state index contributed by atoms with van der Waals surface area (Å²) in [5, 5.41) is 184. The Morgan fingerprint density at radius 3 is 1.17 bits per heavy atom. The normalized spacial score (nSPS) is 29.4. The van der Waals surface area contributed by atoms with Crippen molar-refractivity contribution in [2.45, 2.75) is 96.7 Å². The lowest BCUT2D eigenvalue weighted by atomic mass is 9.79. The first kappa shape index (κ1) is 64.4. The van der Waals surface area contributed by atoms with Crippen LogP contribution in [0, 0.1) is 0 Å². The number of esters is 2. The highest BCUT2D eigenvalue weighted by Crippen LogP contribution is 2.58. The van der Waals surface area contributed by atoms with Gasteiger partial charge >= 0.3 is 47.0 Å². The van der Waals surface area contributed by atoms with Crippen molar-refractivity contribution < 1.29 is 159 Å². The van der Waals surface area contributed by atoms with Crippen molar-refractivity contribution in [1.82, 2.24) is 0 Å². The van der Waals surface area contributed by atoms with Gasteiger partial charge in [-0.1, -0.05) is 12.1 Å². The number of fused-ring (bicyclic) bond motifs is 6. The van der Waals surface area contributed by atoms with E-state index in [2.05, 4.69) is 0 Å². The van der Waals surface area contributed by atoms with E-state index in [-0.39, 0.29) is 45.3 Å². The van der Waals surface area contributed by atoms with Crippen molar-refractivity contribution in [3.8, 4) is 80.5 Å². The van der Waals surface area contributed by atoms with Crippen LogP contribution in [0.15, 0.2) is 109 Å². The molecule has 4 heterocycles. The van der Waals surface area contributed by atoms with Gasteiger partial charge in [0.2, 0.25) is 0 Å². The minimum absolute atomic E-state index is 0.130. The first-order valence-electron chi connectivity index (χ1n) is 27.7. The molecule has 18 N–H and O–H groups in total. The van der Waals surface area contributed by atoms with Gasteiger partial charge in [0.15, 0.2) is 57.2 Å². The summed E-state index contributed by atoms with van der Waals surface area (Å²) in [6.45, 7) is 0. The van der Waals surface area contributed by atoms with Gasteiger partial charge in [0.25, 0.3) is 11.6 Å². The van der Waals surface area contributed by atoms with E-state index in [1.807, 2.05) is 0 Å². The van der Waals surface area contributed by atoms with Crippen molar-refractivity contribution in [2.75, 3.05) is 0 Å². The van der Waals surface area contributed by atoms with Crippen LogP contribution in [0.1, 0.15) is 68.7 Å². The minimum Gasteiger partial charge on any atom is -0.508 e. The van der Waals surface area contributed by atoms with Gasteiger partial charge in [0.05, 0.1) is 12.2 Å². The molecule has 12 rings (SSSR count). The number of carbonyl (C=O) groups is 6. The molecule has 94 heavy (non-hydrogen) atoms. The lowest BCUT2D eigenvalue weighted by Crippen LogP contribution is -2.70. The van der Waals surface area contributed by atoms with Gasteiger partial charge in [-0.15, -0.1) is 0 Å². The molecule has 2 saturated carbocycles. The maximum absolute atomic E-state index is 13.8. The Kier molecular flexibility index (Phi) is 15.7. The molecule has 2 aliphatic carbocycles. The number of benzene rings is 6. The number of ether oxygens (including phenoxy) is 8. The van der Waals surface area contributed by atoms with Crippen molar-refractivity contribution in [3.05, 3.63) is 143 Å². The standard InChI is InChI=1S/2C31H26O16/c32-15-9-18(35)25-22(10-15)47-31(14-3-4-16(33)17(34)8-14)30(43,27(25)39)45-21-7-13(1-5-20(21)46-31)2-6-24(37)44-23-12-29(42,28(40)41)11-19(36)26(23)38;32-15-9-18(35)25-22(10-15)47-31(14-3-4-16(33)17(34)8-14)30(43,27(25)39)45-20-5-1-13(7-21(20)46-31)2-6-24(37)44-23-12-29(42,28(40)41)11-19(36)26(23)38/h2*1-10,19,23,26,32-36,38,42-43H,11-12H2,(H,40,41)/b2*6-2+/t2*19-,23-,26-,29+,30?,31?/m11/s1. The third-order valence-electron chi connectivity index (χ3n) is 16.1. The molecule has 0 spiro atoms. The highest BCUT2D eigenvalue weighted by molar-refractivity contribution is 6.09. The minimum atomic E-state index is -3.11. The number of phenolic OH excluding ortho intramolecular Hbond substituents is 8. The molecule has 2 fully saturated rings. The quantitative estimate of drug-likeness (QED) is 0.0510. The molecule has 12 atom stereocenters. The Labute approximate surface area is 524 Å². The van der Waals surface area contributed by atoms with Gasteiger partial charge in [-0.3, -0.25) is 9.59 Å². The number of aliphatic hydroxyl groups excluding tert-OH is 4. The van der Waals surface area contributed by atoms with Crippen molar-refractivity contribution in [2.24, 2.45) is 0 Å². The first-order valence-corrected chi connectivity index (χ1v) is 27.7. The van der Waals surface area contributed by atoms with Crippen LogP contribution in [0.4, 0.5) is 0 Å². The lowest BCUT2D eigenvalue weighted by molar-refractivity contribution is -0.316. The number of carboxylic acids is 2. The monoisotopic (exact) mass is 1310 g/mol. The van der Waals surface area contributed by atoms with Crippen LogP contribution >= 0.6 is 0 Å². The maximum Gasteiger partial charge on any atom is 0.357 e. The molecule has 492 valence electrons. The van der Waals surface area contributed by atoms with Crippen molar-refractivity contribution in [3.63, 3.8) is 0 Å². The number of carboxylic acid groups (broad SMARTS) is 2. The van der Waals surface area contributed by atoms with Crippen LogP contribution in [-0.2, 0) is 40.2 Å². The zero-order chi connectivity index (χ0) is 68.1. The summed E-state index contributed by atoms with van der Waals surface area (Å²) < 4.78 is 45.7. The van der Waals surface area contributed by atoms with Gasteiger partial charge in [-0.05, 0) is 83.9 Å². The molecule has 0 amide bonds. The zero-order valence-corrected chi connectivity index (χ0v) is 47.6. The smallest absolute Gasteiger partial charge is 0.357 e. The number of hydrogen-bond donors (Lipinski definition) is 18. The average molecular weight is 1310 g/mol. The summed E-state index contributed by atoms with van der Waals surface area (Å²) in [5.41, 5.74) is -6.04. The summed E-state index contributed by atoms with van der Waals surface area (Å²) >= 11 is 0. The van der Waals surface area contributed by atoms with E-state index in [1.54, 1.807) is 0 Å². The second-order valence-electron chi connectivity index (χ2n) is 22.5. The Morgan fingerprint density at radius 2 is 0.777 bits per heavy atom. The molecule has 4 aliphatic heterocycles. The largest absolute Gasteiger partial charge is 0.508 e. The fourth-order valence-corrected chi connectivity index (χ4v) is 11.4. The maximum atomic E-state index is 13.8. The third kappa shape index (κ3) is 10.8. The number of aliphatic carboxylic acids is 2. The van der Waals surface area contributed by atoms with E-state index in [0.29, 0.717) is 0 Å². The van der Waals surface area contributed by atoms with Crippen LogP contribution in [-0.4, -0.2) is 187 Å². The summed E-state index contributed by atoms with van der Waals surface area (Å²) in [6.07, 6.45) is -8.34. The van der Waals surface area contributed by atoms with Crippen LogP contribution in [0.5, 0.6) is 80.5 Å². The number of Topliss-reactive ketones (excluding diaryl/α,β-unsaturated/α-hetero) is 2. The van der Waals surface area contributed by atoms with Crippen LogP contribution in [0.25, 0.3) is 12.2 Å². The number of phenols is 8. The zero-order valence-electron chi connectivity index (χ0n) is 47.6.